The highest BCUT2D eigenvalue weighted by Crippen LogP contribution is 2.35. The van der Waals surface area contributed by atoms with E-state index in [0.717, 1.165) is 56.1 Å². The summed E-state index contributed by atoms with van der Waals surface area (Å²) in [6, 6.07) is 60.1. The second kappa shape index (κ2) is 12.9. The fourth-order valence-corrected chi connectivity index (χ4v) is 6.26. The van der Waals surface area contributed by atoms with Crippen LogP contribution in [0.3, 0.4) is 0 Å². The zero-order chi connectivity index (χ0) is 33.2. The van der Waals surface area contributed by atoms with E-state index in [4.69, 9.17) is 21.5 Å². The molecular weight excluding hydrogens is 599 g/mol. The van der Waals surface area contributed by atoms with Gasteiger partial charge in [0.15, 0.2) is 5.82 Å². The van der Waals surface area contributed by atoms with Gasteiger partial charge in [0.1, 0.15) is 0 Å². The van der Waals surface area contributed by atoms with Crippen LogP contribution in [0.1, 0.15) is 0 Å². The summed E-state index contributed by atoms with van der Waals surface area (Å²) in [5, 5.41) is 3.98. The topological polar surface area (TPSA) is 81.1 Å². The Balaban J connectivity index is 1.09. The van der Waals surface area contributed by atoms with E-state index in [2.05, 4.69) is 103 Å². The van der Waals surface area contributed by atoms with E-state index in [0.29, 0.717) is 11.5 Å². The molecule has 7 aromatic carbocycles. The van der Waals surface area contributed by atoms with Gasteiger partial charge < -0.3 is 5.73 Å². The van der Waals surface area contributed by atoms with Crippen LogP contribution in [0.4, 0.5) is 17.1 Å². The number of rotatable bonds is 7. The molecule has 0 atom stereocenters. The van der Waals surface area contributed by atoms with E-state index < -0.39 is 0 Å². The summed E-state index contributed by atoms with van der Waals surface area (Å²) in [4.78, 5) is 10.00. The van der Waals surface area contributed by atoms with Crippen LogP contribution < -0.4 is 16.6 Å². The van der Waals surface area contributed by atoms with E-state index in [1.807, 2.05) is 72.8 Å². The Morgan fingerprint density at radius 2 is 1.00 bits per heavy atom. The Morgan fingerprint density at radius 3 is 1.65 bits per heavy atom. The van der Waals surface area contributed by atoms with Crippen molar-refractivity contribution in [1.29, 1.82) is 0 Å². The van der Waals surface area contributed by atoms with Gasteiger partial charge in [-0.05, 0) is 69.4 Å². The molecule has 4 N–H and O–H groups in total. The Bertz CT molecular complexity index is 2330. The number of benzene rings is 7. The van der Waals surface area contributed by atoms with Crippen molar-refractivity contribution in [2.75, 3.05) is 10.7 Å². The molecule has 49 heavy (non-hydrogen) atoms. The molecule has 1 heterocycles. The predicted molar refractivity (Wildman–Crippen MR) is 204 cm³/mol. The first kappa shape index (κ1) is 29.8. The number of para-hydroxylation sites is 2. The smallest absolute Gasteiger partial charge is 0.160 e. The summed E-state index contributed by atoms with van der Waals surface area (Å²) in [5.41, 5.74) is 17.9. The molecule has 8 aromatic rings. The van der Waals surface area contributed by atoms with E-state index in [1.165, 1.54) is 16.3 Å². The fourth-order valence-electron chi connectivity index (χ4n) is 6.26. The Kier molecular flexibility index (Phi) is 7.86. The van der Waals surface area contributed by atoms with Crippen molar-refractivity contribution in [3.63, 3.8) is 0 Å². The number of nitrogens with zero attached hydrogens (tertiary/aromatic N) is 3. The maximum atomic E-state index is 6.40. The molecule has 234 valence electrons. The average Bonchev–Trinajstić information content (AvgIpc) is 3.18. The van der Waals surface area contributed by atoms with Crippen molar-refractivity contribution in [1.82, 2.24) is 9.97 Å². The molecule has 5 heteroatoms. The van der Waals surface area contributed by atoms with E-state index in [9.17, 15) is 0 Å². The molecule has 1 aromatic heterocycles. The van der Waals surface area contributed by atoms with E-state index in [-0.39, 0.29) is 0 Å². The SMILES string of the molecule is Nc1ccccc1N(N)c1ccc(-c2ccc3c(-c4ccc(-c5nc(-c6ccccc6)cc(-c6ccccc6)n5)cc4)cccc3c2)cc1. The molecule has 0 unspecified atom stereocenters. The lowest BCUT2D eigenvalue weighted by molar-refractivity contribution is 1.09. The molecule has 0 aliphatic rings. The standard InChI is InChI=1S/C44H33N5/c45-40-16-7-8-17-43(40)49(46)37-25-22-30(23-26-37)35-24-27-39-36(28-35)14-9-15-38(39)31-18-20-34(21-19-31)44-47-41(32-10-3-1-4-11-32)29-42(48-44)33-12-5-2-6-13-33/h1-29H,45-46H2. The lowest BCUT2D eigenvalue weighted by Crippen LogP contribution is -2.25. The maximum absolute atomic E-state index is 6.40. The number of hydrogen-bond donors (Lipinski definition) is 2. The largest absolute Gasteiger partial charge is 0.397 e. The maximum Gasteiger partial charge on any atom is 0.160 e. The molecule has 5 nitrogen and oxygen atoms in total. The summed E-state index contributed by atoms with van der Waals surface area (Å²) < 4.78 is 0. The van der Waals surface area contributed by atoms with Gasteiger partial charge in [-0.2, -0.15) is 0 Å². The normalized spacial score (nSPS) is 11.0. The lowest BCUT2D eigenvalue weighted by atomic mass is 9.94. The molecule has 0 aliphatic heterocycles. The van der Waals surface area contributed by atoms with Gasteiger partial charge in [-0.25, -0.2) is 15.8 Å². The number of nitrogens with two attached hydrogens (primary N) is 2. The molecule has 0 radical (unpaired) electrons. The highest BCUT2D eigenvalue weighted by Gasteiger charge is 2.13. The lowest BCUT2D eigenvalue weighted by Gasteiger charge is -2.20. The Labute approximate surface area is 285 Å². The molecule has 0 fully saturated rings. The first-order valence-electron chi connectivity index (χ1n) is 16.2. The molecule has 0 saturated carbocycles. The van der Waals surface area contributed by atoms with Crippen molar-refractivity contribution >= 4 is 27.8 Å². The summed E-state index contributed by atoms with van der Waals surface area (Å²) in [5.74, 6) is 7.10. The van der Waals surface area contributed by atoms with Gasteiger partial charge >= 0.3 is 0 Å². The monoisotopic (exact) mass is 631 g/mol. The number of hydrogen-bond acceptors (Lipinski definition) is 5. The first-order chi connectivity index (χ1) is 24.1. The highest BCUT2D eigenvalue weighted by molar-refractivity contribution is 5.99. The first-order valence-corrected chi connectivity index (χ1v) is 16.2. The molecule has 0 saturated heterocycles. The van der Waals surface area contributed by atoms with Crippen molar-refractivity contribution in [3.8, 4) is 56.2 Å². The van der Waals surface area contributed by atoms with Gasteiger partial charge in [0.2, 0.25) is 0 Å². The highest BCUT2D eigenvalue weighted by atomic mass is 15.4. The number of fused-ring (bicyclic) bond motifs is 1. The number of anilines is 3. The van der Waals surface area contributed by atoms with Crippen molar-refractivity contribution in [2.24, 2.45) is 5.84 Å². The third-order valence-electron chi connectivity index (χ3n) is 8.87. The van der Waals surface area contributed by atoms with Gasteiger partial charge in [-0.3, -0.25) is 5.01 Å². The second-order valence-electron chi connectivity index (χ2n) is 12.0. The Hall–Kier alpha value is -6.56. The molecule has 0 spiro atoms. The third kappa shape index (κ3) is 6.02. The third-order valence-corrected chi connectivity index (χ3v) is 8.87. The van der Waals surface area contributed by atoms with Gasteiger partial charge in [0, 0.05) is 16.7 Å². The van der Waals surface area contributed by atoms with Crippen LogP contribution in [0.15, 0.2) is 176 Å². The van der Waals surface area contributed by atoms with Crippen molar-refractivity contribution < 1.29 is 0 Å². The van der Waals surface area contributed by atoms with Gasteiger partial charge in [0.25, 0.3) is 0 Å². The van der Waals surface area contributed by atoms with Crippen LogP contribution in [0, 0.1) is 0 Å². The van der Waals surface area contributed by atoms with Gasteiger partial charge in [-0.1, -0.05) is 140 Å². The molecule has 0 amide bonds. The molecule has 8 rings (SSSR count). The van der Waals surface area contributed by atoms with Crippen LogP contribution in [-0.2, 0) is 0 Å². The average molecular weight is 632 g/mol. The molecule has 0 aliphatic carbocycles. The van der Waals surface area contributed by atoms with Crippen LogP contribution in [0.5, 0.6) is 0 Å². The van der Waals surface area contributed by atoms with Gasteiger partial charge in [0.05, 0.1) is 28.5 Å². The summed E-state index contributed by atoms with van der Waals surface area (Å²) in [6.07, 6.45) is 0. The summed E-state index contributed by atoms with van der Waals surface area (Å²) in [6.45, 7) is 0. The minimum atomic E-state index is 0.636. The zero-order valence-corrected chi connectivity index (χ0v) is 26.7. The van der Waals surface area contributed by atoms with Crippen LogP contribution in [-0.4, -0.2) is 9.97 Å². The van der Waals surface area contributed by atoms with E-state index in [1.54, 1.807) is 5.01 Å². The Morgan fingerprint density at radius 1 is 0.429 bits per heavy atom. The van der Waals surface area contributed by atoms with Crippen LogP contribution >= 0.6 is 0 Å². The predicted octanol–water partition coefficient (Wildman–Crippen LogP) is 10.6. The number of hydrazine groups is 1. The summed E-state index contributed by atoms with van der Waals surface area (Å²) >= 11 is 0. The molecular formula is C44H33N5. The van der Waals surface area contributed by atoms with E-state index >= 15 is 0 Å². The minimum Gasteiger partial charge on any atom is -0.397 e. The van der Waals surface area contributed by atoms with Crippen molar-refractivity contribution in [3.05, 3.63) is 176 Å². The van der Waals surface area contributed by atoms with Crippen LogP contribution in [0.25, 0.3) is 66.9 Å². The van der Waals surface area contributed by atoms with Gasteiger partial charge in [-0.15, -0.1) is 0 Å². The van der Waals surface area contributed by atoms with Crippen molar-refractivity contribution in [2.45, 2.75) is 0 Å². The second-order valence-corrected chi connectivity index (χ2v) is 12.0. The molecule has 0 bridgehead atoms. The summed E-state index contributed by atoms with van der Waals surface area (Å²) in [7, 11) is 0. The fraction of sp³-hybridized carbons (Fsp3) is 0. The minimum absolute atomic E-state index is 0.636. The zero-order valence-electron chi connectivity index (χ0n) is 26.7. The van der Waals surface area contributed by atoms with Crippen LogP contribution in [0.2, 0.25) is 0 Å². The number of nitrogen functional groups attached to an aromatic ring is 1. The quantitative estimate of drug-likeness (QED) is 0.104. The number of aromatic nitrogens is 2.